The number of fused-ring (bicyclic) bond motifs is 1. The zero-order chi connectivity index (χ0) is 16.6. The molecule has 3 heterocycles. The quantitative estimate of drug-likeness (QED) is 0.790. The maximum absolute atomic E-state index is 12.3. The summed E-state index contributed by atoms with van der Waals surface area (Å²) in [5, 5.41) is 0. The number of nitrogens with two attached hydrogens (primary N) is 1. The van der Waals surface area contributed by atoms with Crippen LogP contribution in [0.25, 0.3) is 10.3 Å². The van der Waals surface area contributed by atoms with Gasteiger partial charge in [0, 0.05) is 20.5 Å². The molecule has 3 rings (SSSR count). The zero-order valence-corrected chi connectivity index (χ0v) is 13.4. The number of aromatic nitrogens is 3. The SMILES string of the molecule is CO[C@@H]1C[C@H](n2c(=O)sc3cnc(N)nc32)O[C@@H]1COC(C)=O. The first-order valence-corrected chi connectivity index (χ1v) is 7.76. The van der Waals surface area contributed by atoms with Gasteiger partial charge in [0.1, 0.15) is 18.9 Å². The van der Waals surface area contributed by atoms with Crippen molar-refractivity contribution in [3.8, 4) is 0 Å². The average molecular weight is 340 g/mol. The maximum atomic E-state index is 12.3. The van der Waals surface area contributed by atoms with Crippen LogP contribution in [0.2, 0.25) is 0 Å². The van der Waals surface area contributed by atoms with E-state index in [1.54, 1.807) is 7.11 Å². The Balaban J connectivity index is 1.90. The lowest BCUT2D eigenvalue weighted by Crippen LogP contribution is -2.29. The molecule has 0 radical (unpaired) electrons. The van der Waals surface area contributed by atoms with Gasteiger partial charge >= 0.3 is 10.8 Å². The summed E-state index contributed by atoms with van der Waals surface area (Å²) in [6.07, 6.45) is 0.656. The highest BCUT2D eigenvalue weighted by molar-refractivity contribution is 7.16. The zero-order valence-electron chi connectivity index (χ0n) is 12.6. The number of carbonyl (C=O) groups excluding carboxylic acids is 1. The van der Waals surface area contributed by atoms with Crippen molar-refractivity contribution >= 4 is 33.6 Å². The van der Waals surface area contributed by atoms with Crippen LogP contribution in [0.4, 0.5) is 5.95 Å². The second kappa shape index (κ2) is 6.22. The van der Waals surface area contributed by atoms with Crippen molar-refractivity contribution in [2.75, 3.05) is 19.5 Å². The van der Waals surface area contributed by atoms with Crippen molar-refractivity contribution in [2.45, 2.75) is 31.8 Å². The Morgan fingerprint density at radius 3 is 3.09 bits per heavy atom. The number of thiazole rings is 1. The first kappa shape index (κ1) is 15.8. The summed E-state index contributed by atoms with van der Waals surface area (Å²) in [6.45, 7) is 1.39. The molecule has 10 heteroatoms. The molecular weight excluding hydrogens is 324 g/mol. The van der Waals surface area contributed by atoms with Crippen molar-refractivity contribution in [1.82, 2.24) is 14.5 Å². The minimum atomic E-state index is -0.559. The van der Waals surface area contributed by atoms with Crippen molar-refractivity contribution in [1.29, 1.82) is 0 Å². The second-order valence-electron chi connectivity index (χ2n) is 5.10. The fraction of sp³-hybridized carbons (Fsp3) is 0.538. The van der Waals surface area contributed by atoms with E-state index in [1.807, 2.05) is 0 Å². The predicted octanol–water partition coefficient (Wildman–Crippen LogP) is 0.301. The van der Waals surface area contributed by atoms with Gasteiger partial charge in [-0.25, -0.2) is 4.98 Å². The molecular formula is C13H16N4O5S. The Morgan fingerprint density at radius 2 is 2.39 bits per heavy atom. The summed E-state index contributed by atoms with van der Waals surface area (Å²) in [5.74, 6) is -0.313. The average Bonchev–Trinajstić information content (AvgIpc) is 3.04. The van der Waals surface area contributed by atoms with E-state index in [-0.39, 0.29) is 23.5 Å². The Hall–Kier alpha value is -2.04. The molecule has 0 aromatic carbocycles. The van der Waals surface area contributed by atoms with E-state index in [2.05, 4.69) is 9.97 Å². The standard InChI is InChI=1S/C13H16N4O5S/c1-6(18)21-5-8-7(20-2)3-10(22-8)17-11-9(23-13(17)19)4-15-12(14)16-11/h4,7-8,10H,3,5H2,1-2H3,(H2,14,15,16)/t7-,8-,10-/m1/s1. The van der Waals surface area contributed by atoms with E-state index < -0.39 is 18.3 Å². The van der Waals surface area contributed by atoms with E-state index in [0.29, 0.717) is 16.8 Å². The van der Waals surface area contributed by atoms with Gasteiger partial charge in [0.2, 0.25) is 5.95 Å². The normalized spacial score (nSPS) is 24.2. The molecule has 1 fully saturated rings. The highest BCUT2D eigenvalue weighted by Crippen LogP contribution is 2.32. The van der Waals surface area contributed by atoms with E-state index in [4.69, 9.17) is 19.9 Å². The van der Waals surface area contributed by atoms with Gasteiger partial charge < -0.3 is 19.9 Å². The Bertz CT molecular complexity index is 788. The van der Waals surface area contributed by atoms with Gasteiger partial charge in [0.05, 0.1) is 17.0 Å². The van der Waals surface area contributed by atoms with Crippen LogP contribution in [0.5, 0.6) is 0 Å². The number of anilines is 1. The van der Waals surface area contributed by atoms with Gasteiger partial charge in [-0.1, -0.05) is 11.3 Å². The molecule has 124 valence electrons. The lowest BCUT2D eigenvalue weighted by atomic mass is 10.2. The van der Waals surface area contributed by atoms with Gasteiger partial charge in [-0.2, -0.15) is 4.98 Å². The molecule has 0 unspecified atom stereocenters. The fourth-order valence-corrected chi connectivity index (χ4v) is 3.39. The molecule has 2 aromatic rings. The highest BCUT2D eigenvalue weighted by atomic mass is 32.1. The minimum Gasteiger partial charge on any atom is -0.463 e. The summed E-state index contributed by atoms with van der Waals surface area (Å²) >= 11 is 1.02. The van der Waals surface area contributed by atoms with Crippen LogP contribution in [0.15, 0.2) is 11.0 Å². The number of carbonyl (C=O) groups is 1. The molecule has 0 bridgehead atoms. The number of hydrogen-bond acceptors (Lipinski definition) is 9. The summed E-state index contributed by atoms with van der Waals surface area (Å²) in [4.78, 5) is 31.0. The van der Waals surface area contributed by atoms with Crippen LogP contribution in [-0.2, 0) is 19.0 Å². The number of hydrogen-bond donors (Lipinski definition) is 1. The van der Waals surface area contributed by atoms with E-state index >= 15 is 0 Å². The van der Waals surface area contributed by atoms with Crippen LogP contribution < -0.4 is 10.6 Å². The smallest absolute Gasteiger partial charge is 0.311 e. The van der Waals surface area contributed by atoms with Crippen molar-refractivity contribution < 1.29 is 19.0 Å². The van der Waals surface area contributed by atoms with Gasteiger partial charge in [-0.05, 0) is 0 Å². The first-order valence-electron chi connectivity index (χ1n) is 6.94. The number of nitrogens with zero attached hydrogens (tertiary/aromatic N) is 3. The molecule has 3 atom stereocenters. The van der Waals surface area contributed by atoms with E-state index in [0.717, 1.165) is 11.3 Å². The third-order valence-electron chi connectivity index (χ3n) is 3.60. The Labute approximate surface area is 135 Å². The fourth-order valence-electron chi connectivity index (χ4n) is 2.56. The third kappa shape index (κ3) is 3.05. The summed E-state index contributed by atoms with van der Waals surface area (Å²) in [5.41, 5.74) is 6.04. The van der Waals surface area contributed by atoms with Crippen LogP contribution in [0, 0.1) is 0 Å². The second-order valence-corrected chi connectivity index (χ2v) is 6.09. The molecule has 0 aliphatic carbocycles. The van der Waals surface area contributed by atoms with Crippen LogP contribution in [-0.4, -0.2) is 46.4 Å². The molecule has 1 saturated heterocycles. The molecule has 1 aliphatic rings. The van der Waals surface area contributed by atoms with Gasteiger partial charge in [0.15, 0.2) is 5.65 Å². The van der Waals surface area contributed by atoms with Crippen LogP contribution >= 0.6 is 11.3 Å². The first-order chi connectivity index (χ1) is 11.0. The van der Waals surface area contributed by atoms with Gasteiger partial charge in [-0.15, -0.1) is 0 Å². The van der Waals surface area contributed by atoms with Crippen LogP contribution in [0.1, 0.15) is 19.6 Å². The number of esters is 1. The largest absolute Gasteiger partial charge is 0.463 e. The van der Waals surface area contributed by atoms with E-state index in [9.17, 15) is 9.59 Å². The minimum absolute atomic E-state index is 0.0677. The Morgan fingerprint density at radius 1 is 1.61 bits per heavy atom. The number of rotatable bonds is 4. The van der Waals surface area contributed by atoms with Crippen molar-refractivity contribution in [2.24, 2.45) is 0 Å². The molecule has 2 N–H and O–H groups in total. The monoisotopic (exact) mass is 340 g/mol. The summed E-state index contributed by atoms with van der Waals surface area (Å²) in [7, 11) is 1.55. The van der Waals surface area contributed by atoms with E-state index in [1.165, 1.54) is 17.7 Å². The number of ether oxygens (including phenoxy) is 3. The molecule has 0 amide bonds. The molecule has 0 saturated carbocycles. The highest BCUT2D eigenvalue weighted by Gasteiger charge is 2.38. The third-order valence-corrected chi connectivity index (χ3v) is 4.48. The topological polar surface area (TPSA) is 119 Å². The molecule has 23 heavy (non-hydrogen) atoms. The van der Waals surface area contributed by atoms with Gasteiger partial charge in [0.25, 0.3) is 0 Å². The predicted molar refractivity (Wildman–Crippen MR) is 82.0 cm³/mol. The molecule has 0 spiro atoms. The lowest BCUT2D eigenvalue weighted by Gasteiger charge is -2.16. The molecule has 2 aromatic heterocycles. The van der Waals surface area contributed by atoms with Crippen molar-refractivity contribution in [3.05, 3.63) is 15.9 Å². The maximum Gasteiger partial charge on any atom is 0.311 e. The summed E-state index contributed by atoms with van der Waals surface area (Å²) in [6, 6.07) is 0. The molecule has 9 nitrogen and oxygen atoms in total. The Kier molecular flexibility index (Phi) is 4.28. The number of nitrogen functional groups attached to an aromatic ring is 1. The van der Waals surface area contributed by atoms with Crippen LogP contribution in [0.3, 0.4) is 0 Å². The van der Waals surface area contributed by atoms with Gasteiger partial charge in [-0.3, -0.25) is 14.2 Å². The van der Waals surface area contributed by atoms with Crippen molar-refractivity contribution in [3.63, 3.8) is 0 Å². The number of methoxy groups -OCH3 is 1. The molecule has 1 aliphatic heterocycles. The summed E-state index contributed by atoms with van der Waals surface area (Å²) < 4.78 is 18.3. The lowest BCUT2D eigenvalue weighted by molar-refractivity contribution is -0.147.